The summed E-state index contributed by atoms with van der Waals surface area (Å²) in [6.07, 6.45) is 1.45. The van der Waals surface area contributed by atoms with Gasteiger partial charge in [-0.1, -0.05) is 59.1 Å². The van der Waals surface area contributed by atoms with Gasteiger partial charge in [-0.15, -0.1) is 0 Å². The third kappa shape index (κ3) is 2.67. The van der Waals surface area contributed by atoms with Crippen molar-refractivity contribution in [3.8, 4) is 0 Å². The summed E-state index contributed by atoms with van der Waals surface area (Å²) >= 11 is 19.2. The lowest BCUT2D eigenvalue weighted by Gasteiger charge is -2.43. The molecule has 0 saturated carbocycles. The van der Waals surface area contributed by atoms with E-state index in [0.29, 0.717) is 45.5 Å². The average Bonchev–Trinajstić information content (AvgIpc) is 3.60. The van der Waals surface area contributed by atoms with E-state index in [0.717, 1.165) is 12.0 Å². The van der Waals surface area contributed by atoms with Gasteiger partial charge in [0.05, 0.1) is 16.6 Å². The molecule has 3 aromatic carbocycles. The lowest BCUT2D eigenvalue weighted by molar-refractivity contribution is -0.137. The van der Waals surface area contributed by atoms with Gasteiger partial charge in [-0.05, 0) is 67.8 Å². The molecule has 7 rings (SSSR count). The highest BCUT2D eigenvalue weighted by atomic mass is 35.5. The highest BCUT2D eigenvalue weighted by Crippen LogP contribution is 2.68. The Hall–Kier alpha value is -2.90. The van der Waals surface area contributed by atoms with Crippen molar-refractivity contribution >= 4 is 63.8 Å². The van der Waals surface area contributed by atoms with Crippen LogP contribution in [-0.2, 0) is 20.5 Å². The second-order valence-electron chi connectivity index (χ2n) is 10.4. The fraction of sp³-hybridized carbons (Fsp3) is 0.276. The predicted molar refractivity (Wildman–Crippen MR) is 147 cm³/mol. The van der Waals surface area contributed by atoms with E-state index in [1.165, 1.54) is 6.07 Å². The van der Waals surface area contributed by atoms with Crippen molar-refractivity contribution in [1.29, 1.82) is 0 Å². The number of Topliss-reactive ketones (excluding diaryl/α,β-unsaturated/α-hetero) is 1. The molecule has 2 spiro atoms. The van der Waals surface area contributed by atoms with Crippen LogP contribution >= 0.6 is 34.8 Å². The standard InChI is InChI=1S/C29H22Cl3N3O3/c1-14-19(31)11-10-18-24(14)34-27(38)29(18)28(17-5-2-3-6-21(17)33-26(28)37)23(22-7-4-12-35(22)29)25(36)16-9-8-15(30)13-20(16)32/h2-3,5-6,8-11,13,22-23H,4,7,12H2,1H3,(H,33,37)(H,34,38). The van der Waals surface area contributed by atoms with Crippen molar-refractivity contribution in [2.24, 2.45) is 5.92 Å². The first kappa shape index (κ1) is 24.2. The summed E-state index contributed by atoms with van der Waals surface area (Å²) in [5.74, 6) is -1.85. The van der Waals surface area contributed by atoms with Crippen molar-refractivity contribution in [2.75, 3.05) is 17.2 Å². The molecule has 2 saturated heterocycles. The fourth-order valence-electron chi connectivity index (χ4n) is 7.62. The van der Waals surface area contributed by atoms with E-state index in [4.69, 9.17) is 34.8 Å². The van der Waals surface area contributed by atoms with Crippen LogP contribution in [0.5, 0.6) is 0 Å². The molecule has 9 heteroatoms. The number of halogens is 3. The maximum Gasteiger partial charge on any atom is 0.251 e. The Morgan fingerprint density at radius 1 is 0.947 bits per heavy atom. The first-order valence-electron chi connectivity index (χ1n) is 12.5. The third-order valence-corrected chi connectivity index (χ3v) is 9.90. The van der Waals surface area contributed by atoms with Crippen molar-refractivity contribution in [2.45, 2.75) is 36.8 Å². The quantitative estimate of drug-likeness (QED) is 0.375. The van der Waals surface area contributed by atoms with Crippen LogP contribution in [-0.4, -0.2) is 35.1 Å². The number of rotatable bonds is 2. The molecule has 2 amide bonds. The predicted octanol–water partition coefficient (Wildman–Crippen LogP) is 5.97. The molecule has 4 aliphatic heterocycles. The van der Waals surface area contributed by atoms with Gasteiger partial charge in [0, 0.05) is 32.9 Å². The number of nitrogens with zero attached hydrogens (tertiary/aromatic N) is 1. The molecule has 2 N–H and O–H groups in total. The van der Waals surface area contributed by atoms with Gasteiger partial charge in [0.25, 0.3) is 5.91 Å². The topological polar surface area (TPSA) is 78.5 Å². The molecule has 38 heavy (non-hydrogen) atoms. The van der Waals surface area contributed by atoms with E-state index >= 15 is 0 Å². The van der Waals surface area contributed by atoms with Crippen LogP contribution in [0.3, 0.4) is 0 Å². The Labute approximate surface area is 234 Å². The Kier molecular flexibility index (Phi) is 5.12. The zero-order valence-electron chi connectivity index (χ0n) is 20.3. The third-order valence-electron chi connectivity index (χ3n) is 8.95. The van der Waals surface area contributed by atoms with Gasteiger partial charge in [0.2, 0.25) is 5.91 Å². The van der Waals surface area contributed by atoms with Crippen molar-refractivity contribution in [3.63, 3.8) is 0 Å². The monoisotopic (exact) mass is 565 g/mol. The van der Waals surface area contributed by atoms with E-state index < -0.39 is 16.9 Å². The van der Waals surface area contributed by atoms with Crippen LogP contribution in [0.4, 0.5) is 11.4 Å². The van der Waals surface area contributed by atoms with Crippen LogP contribution in [0.15, 0.2) is 54.6 Å². The van der Waals surface area contributed by atoms with Crippen LogP contribution in [0, 0.1) is 12.8 Å². The average molecular weight is 567 g/mol. The smallest absolute Gasteiger partial charge is 0.251 e. The molecule has 2 fully saturated rings. The number of carbonyl (C=O) groups is 3. The van der Waals surface area contributed by atoms with Gasteiger partial charge in [-0.2, -0.15) is 0 Å². The molecule has 0 radical (unpaired) electrons. The van der Waals surface area contributed by atoms with E-state index in [1.54, 1.807) is 18.2 Å². The molecule has 4 heterocycles. The summed E-state index contributed by atoms with van der Waals surface area (Å²) in [4.78, 5) is 45.7. The Morgan fingerprint density at radius 2 is 1.74 bits per heavy atom. The molecule has 0 aliphatic carbocycles. The van der Waals surface area contributed by atoms with E-state index in [-0.39, 0.29) is 34.2 Å². The molecule has 6 nitrogen and oxygen atoms in total. The molecule has 4 atom stereocenters. The van der Waals surface area contributed by atoms with E-state index in [2.05, 4.69) is 15.5 Å². The van der Waals surface area contributed by atoms with E-state index in [9.17, 15) is 14.4 Å². The minimum absolute atomic E-state index is 0.216. The lowest BCUT2D eigenvalue weighted by atomic mass is 9.57. The number of para-hydroxylation sites is 1. The Bertz CT molecular complexity index is 1610. The summed E-state index contributed by atoms with van der Waals surface area (Å²) in [7, 11) is 0. The first-order chi connectivity index (χ1) is 18.2. The second kappa shape index (κ2) is 8.06. The number of ketones is 1. The van der Waals surface area contributed by atoms with Crippen LogP contribution in [0.1, 0.15) is 39.9 Å². The molecule has 4 unspecified atom stereocenters. The number of hydrogen-bond acceptors (Lipinski definition) is 4. The maximum absolute atomic E-state index is 14.6. The highest BCUT2D eigenvalue weighted by molar-refractivity contribution is 6.37. The maximum atomic E-state index is 14.6. The molecule has 3 aromatic rings. The fourth-order valence-corrected chi connectivity index (χ4v) is 8.28. The highest BCUT2D eigenvalue weighted by Gasteiger charge is 2.81. The normalized spacial score (nSPS) is 28.9. The Balaban J connectivity index is 1.60. The second-order valence-corrected chi connectivity index (χ2v) is 11.7. The number of carbonyl (C=O) groups excluding carboxylic acids is 3. The number of amides is 2. The summed E-state index contributed by atoms with van der Waals surface area (Å²) in [5, 5.41) is 7.25. The van der Waals surface area contributed by atoms with Gasteiger partial charge < -0.3 is 10.6 Å². The summed E-state index contributed by atoms with van der Waals surface area (Å²) in [5.41, 5.74) is 0.528. The molecule has 192 valence electrons. The number of benzene rings is 3. The number of fused-ring (bicyclic) bond motifs is 7. The van der Waals surface area contributed by atoms with Crippen molar-refractivity contribution < 1.29 is 14.4 Å². The summed E-state index contributed by atoms with van der Waals surface area (Å²) in [6.45, 7) is 2.41. The first-order valence-corrected chi connectivity index (χ1v) is 13.7. The number of anilines is 2. The molecular formula is C29H22Cl3N3O3. The molecule has 4 aliphatic rings. The lowest BCUT2D eigenvalue weighted by Crippen LogP contribution is -2.62. The zero-order chi connectivity index (χ0) is 26.6. The van der Waals surface area contributed by atoms with Gasteiger partial charge in [-0.3, -0.25) is 19.3 Å². The zero-order valence-corrected chi connectivity index (χ0v) is 22.5. The molecule has 0 aromatic heterocycles. The molecule has 0 bridgehead atoms. The van der Waals surface area contributed by atoms with Crippen LogP contribution in [0.25, 0.3) is 0 Å². The number of hydrogen-bond donors (Lipinski definition) is 2. The van der Waals surface area contributed by atoms with E-state index in [1.807, 2.05) is 37.3 Å². The minimum Gasteiger partial charge on any atom is -0.325 e. The van der Waals surface area contributed by atoms with Crippen LogP contribution in [0.2, 0.25) is 15.1 Å². The largest absolute Gasteiger partial charge is 0.325 e. The summed E-state index contributed by atoms with van der Waals surface area (Å²) < 4.78 is 0. The Morgan fingerprint density at radius 3 is 2.53 bits per heavy atom. The van der Waals surface area contributed by atoms with Crippen molar-refractivity contribution in [1.82, 2.24) is 4.90 Å². The summed E-state index contributed by atoms with van der Waals surface area (Å²) in [6, 6.07) is 15.3. The van der Waals surface area contributed by atoms with Gasteiger partial charge >= 0.3 is 0 Å². The van der Waals surface area contributed by atoms with Gasteiger partial charge in [0.1, 0.15) is 11.0 Å². The SMILES string of the molecule is Cc1c(Cl)ccc2c1NC(=O)C21N2CCCC2C(C(=O)c2ccc(Cl)cc2Cl)C12C(=O)Nc1ccccc12. The van der Waals surface area contributed by atoms with Gasteiger partial charge in [-0.25, -0.2) is 0 Å². The van der Waals surface area contributed by atoms with Gasteiger partial charge in [0.15, 0.2) is 5.78 Å². The minimum atomic E-state index is -1.54. The van der Waals surface area contributed by atoms with Crippen molar-refractivity contribution in [3.05, 3.63) is 91.9 Å². The number of nitrogens with one attached hydrogen (secondary N) is 2. The van der Waals surface area contributed by atoms with Crippen LogP contribution < -0.4 is 10.6 Å². The molecular weight excluding hydrogens is 545 g/mol.